The molecule has 120 valence electrons. The Morgan fingerprint density at radius 1 is 1.35 bits per heavy atom. The predicted molar refractivity (Wildman–Crippen MR) is 87.8 cm³/mol. The second-order valence-corrected chi connectivity index (χ2v) is 5.73. The molecule has 0 radical (unpaired) electrons. The molecule has 0 aliphatic carbocycles. The molecule has 1 aromatic carbocycles. The van der Waals surface area contributed by atoms with Gasteiger partial charge in [0.05, 0.1) is 18.5 Å². The first-order chi connectivity index (χ1) is 11.2. The molecular weight excluding hydrogens is 316 g/mol. The second-order valence-electron chi connectivity index (χ2n) is 5.30. The fourth-order valence-corrected chi connectivity index (χ4v) is 2.62. The maximum absolute atomic E-state index is 12.3. The van der Waals surface area contributed by atoms with E-state index in [-0.39, 0.29) is 12.0 Å². The Balaban J connectivity index is 1.61. The highest BCUT2D eigenvalue weighted by Crippen LogP contribution is 2.20. The van der Waals surface area contributed by atoms with Gasteiger partial charge in [-0.3, -0.25) is 4.79 Å². The standard InChI is InChI=1S/C17H17ClN2O3/c1-2-20(17(21)16-4-3-9-22-16)11-14-10-15(19-23-14)12-5-7-13(18)8-6-12/h3-9,14H,2,10-11H2,1H3/t14-/m0/s1. The summed E-state index contributed by atoms with van der Waals surface area (Å²) in [5.41, 5.74) is 1.85. The number of benzene rings is 1. The van der Waals surface area contributed by atoms with Gasteiger partial charge in [-0.2, -0.15) is 0 Å². The summed E-state index contributed by atoms with van der Waals surface area (Å²) in [6, 6.07) is 10.8. The molecule has 0 unspecified atom stereocenters. The molecule has 3 rings (SSSR count). The zero-order valence-electron chi connectivity index (χ0n) is 12.7. The van der Waals surface area contributed by atoms with Crippen molar-refractivity contribution in [2.24, 2.45) is 5.16 Å². The van der Waals surface area contributed by atoms with Crippen LogP contribution in [0.15, 0.2) is 52.2 Å². The summed E-state index contributed by atoms with van der Waals surface area (Å²) in [6.07, 6.45) is 2.00. The van der Waals surface area contributed by atoms with Crippen molar-refractivity contribution in [2.45, 2.75) is 19.4 Å². The predicted octanol–water partition coefficient (Wildman–Crippen LogP) is 3.59. The summed E-state index contributed by atoms with van der Waals surface area (Å²) < 4.78 is 5.17. The molecule has 6 heteroatoms. The minimum Gasteiger partial charge on any atom is -0.459 e. The SMILES string of the molecule is CCN(C[C@@H]1CC(c2ccc(Cl)cc2)=NO1)C(=O)c1ccco1. The van der Waals surface area contributed by atoms with Crippen LogP contribution in [0.3, 0.4) is 0 Å². The average Bonchev–Trinajstić information content (AvgIpc) is 3.24. The second kappa shape index (κ2) is 6.87. The van der Waals surface area contributed by atoms with E-state index in [2.05, 4.69) is 5.16 Å². The van der Waals surface area contributed by atoms with Crippen LogP contribution in [0.1, 0.15) is 29.5 Å². The average molecular weight is 333 g/mol. The highest BCUT2D eigenvalue weighted by atomic mass is 35.5. The molecule has 5 nitrogen and oxygen atoms in total. The van der Waals surface area contributed by atoms with Gasteiger partial charge in [-0.25, -0.2) is 0 Å². The quantitative estimate of drug-likeness (QED) is 0.840. The highest BCUT2D eigenvalue weighted by Gasteiger charge is 2.27. The number of amides is 1. The summed E-state index contributed by atoms with van der Waals surface area (Å²) in [5.74, 6) is 0.199. The van der Waals surface area contributed by atoms with Crippen molar-refractivity contribution in [3.8, 4) is 0 Å². The Kier molecular flexibility index (Phi) is 4.67. The third-order valence-corrected chi connectivity index (χ3v) is 3.99. The molecule has 0 spiro atoms. The van der Waals surface area contributed by atoms with E-state index in [9.17, 15) is 4.79 Å². The Hall–Kier alpha value is -2.27. The molecule has 1 amide bonds. The lowest BCUT2D eigenvalue weighted by molar-refractivity contribution is 0.0418. The van der Waals surface area contributed by atoms with Crippen molar-refractivity contribution in [3.05, 3.63) is 59.0 Å². The van der Waals surface area contributed by atoms with E-state index in [1.54, 1.807) is 17.0 Å². The van der Waals surface area contributed by atoms with Gasteiger partial charge < -0.3 is 14.2 Å². The van der Waals surface area contributed by atoms with E-state index in [1.165, 1.54) is 6.26 Å². The number of carbonyl (C=O) groups is 1. The number of hydrogen-bond donors (Lipinski definition) is 0. The van der Waals surface area contributed by atoms with Crippen LogP contribution in [0.4, 0.5) is 0 Å². The summed E-state index contributed by atoms with van der Waals surface area (Å²) in [4.78, 5) is 19.5. The number of furan rings is 1. The number of oxime groups is 1. The minimum absolute atomic E-state index is 0.138. The van der Waals surface area contributed by atoms with Gasteiger partial charge in [-0.15, -0.1) is 0 Å². The van der Waals surface area contributed by atoms with Gasteiger partial charge in [0.1, 0.15) is 0 Å². The van der Waals surface area contributed by atoms with Crippen LogP contribution in [0.2, 0.25) is 5.02 Å². The monoisotopic (exact) mass is 332 g/mol. The third-order valence-electron chi connectivity index (χ3n) is 3.74. The van der Waals surface area contributed by atoms with Gasteiger partial charge in [0.2, 0.25) is 0 Å². The Morgan fingerprint density at radius 3 is 2.78 bits per heavy atom. The maximum Gasteiger partial charge on any atom is 0.289 e. The molecule has 0 N–H and O–H groups in total. The first-order valence-corrected chi connectivity index (χ1v) is 7.86. The summed E-state index contributed by atoms with van der Waals surface area (Å²) in [5, 5.41) is 4.82. The molecule has 0 saturated carbocycles. The van der Waals surface area contributed by atoms with E-state index in [1.807, 2.05) is 31.2 Å². The Labute approximate surface area is 139 Å². The molecule has 2 aromatic rings. The number of hydrogen-bond acceptors (Lipinski definition) is 4. The fourth-order valence-electron chi connectivity index (χ4n) is 2.50. The van der Waals surface area contributed by atoms with Crippen LogP contribution in [0.25, 0.3) is 0 Å². The lowest BCUT2D eigenvalue weighted by Crippen LogP contribution is -2.37. The molecule has 1 aliphatic rings. The molecule has 1 atom stereocenters. The molecule has 2 heterocycles. The van der Waals surface area contributed by atoms with Crippen molar-refractivity contribution < 1.29 is 14.0 Å². The van der Waals surface area contributed by atoms with E-state index in [0.717, 1.165) is 11.3 Å². The van der Waals surface area contributed by atoms with Crippen LogP contribution >= 0.6 is 11.6 Å². The molecular formula is C17H17ClN2O3. The van der Waals surface area contributed by atoms with E-state index >= 15 is 0 Å². The van der Waals surface area contributed by atoms with Gasteiger partial charge in [-0.1, -0.05) is 28.9 Å². The van der Waals surface area contributed by atoms with E-state index < -0.39 is 0 Å². The normalized spacial score (nSPS) is 16.8. The Morgan fingerprint density at radius 2 is 2.13 bits per heavy atom. The van der Waals surface area contributed by atoms with E-state index in [4.69, 9.17) is 20.9 Å². The number of halogens is 1. The van der Waals surface area contributed by atoms with Crippen molar-refractivity contribution in [2.75, 3.05) is 13.1 Å². The highest BCUT2D eigenvalue weighted by molar-refractivity contribution is 6.30. The van der Waals surface area contributed by atoms with Gasteiger partial charge in [0.25, 0.3) is 5.91 Å². The van der Waals surface area contributed by atoms with Crippen molar-refractivity contribution in [1.29, 1.82) is 0 Å². The molecule has 0 bridgehead atoms. The van der Waals surface area contributed by atoms with Crippen LogP contribution in [-0.2, 0) is 4.84 Å². The lowest BCUT2D eigenvalue weighted by atomic mass is 10.0. The van der Waals surface area contributed by atoms with Crippen LogP contribution in [0.5, 0.6) is 0 Å². The molecule has 1 aliphatic heterocycles. The smallest absolute Gasteiger partial charge is 0.289 e. The zero-order chi connectivity index (χ0) is 16.2. The van der Waals surface area contributed by atoms with Gasteiger partial charge >= 0.3 is 0 Å². The maximum atomic E-state index is 12.3. The molecule has 23 heavy (non-hydrogen) atoms. The van der Waals surface area contributed by atoms with Crippen molar-refractivity contribution in [3.63, 3.8) is 0 Å². The summed E-state index contributed by atoms with van der Waals surface area (Å²) in [6.45, 7) is 2.98. The number of carbonyl (C=O) groups excluding carboxylic acids is 1. The zero-order valence-corrected chi connectivity index (χ0v) is 13.5. The topological polar surface area (TPSA) is 55.0 Å². The van der Waals surface area contributed by atoms with Crippen LogP contribution in [0, 0.1) is 0 Å². The minimum atomic E-state index is -0.153. The van der Waals surface area contributed by atoms with Crippen molar-refractivity contribution in [1.82, 2.24) is 4.90 Å². The van der Waals surface area contributed by atoms with Crippen LogP contribution in [-0.4, -0.2) is 35.7 Å². The first-order valence-electron chi connectivity index (χ1n) is 7.48. The fraction of sp³-hybridized carbons (Fsp3) is 0.294. The molecule has 0 fully saturated rings. The van der Waals surface area contributed by atoms with E-state index in [0.29, 0.717) is 30.3 Å². The first kappa shape index (κ1) is 15.6. The van der Waals surface area contributed by atoms with Gasteiger partial charge in [0.15, 0.2) is 11.9 Å². The largest absolute Gasteiger partial charge is 0.459 e. The molecule has 1 aromatic heterocycles. The summed E-state index contributed by atoms with van der Waals surface area (Å²) in [7, 11) is 0. The van der Waals surface area contributed by atoms with Crippen LogP contribution < -0.4 is 0 Å². The van der Waals surface area contributed by atoms with Gasteiger partial charge in [0, 0.05) is 18.0 Å². The van der Waals surface area contributed by atoms with Crippen molar-refractivity contribution >= 4 is 23.2 Å². The summed E-state index contributed by atoms with van der Waals surface area (Å²) >= 11 is 5.89. The Bertz CT molecular complexity index is 695. The third kappa shape index (κ3) is 3.56. The molecule has 0 saturated heterocycles. The number of nitrogens with zero attached hydrogens (tertiary/aromatic N) is 2. The number of likely N-dealkylation sites (N-methyl/N-ethyl adjacent to an activating group) is 1. The lowest BCUT2D eigenvalue weighted by Gasteiger charge is -2.22. The van der Waals surface area contributed by atoms with Gasteiger partial charge in [-0.05, 0) is 36.8 Å². The number of rotatable bonds is 5.